The maximum Gasteiger partial charge on any atom is 0.251 e. The molecule has 0 saturated heterocycles. The molecule has 0 spiro atoms. The van der Waals surface area contributed by atoms with Gasteiger partial charge in [0.2, 0.25) is 0 Å². The van der Waals surface area contributed by atoms with Gasteiger partial charge in [0.05, 0.1) is 13.2 Å². The Morgan fingerprint density at radius 3 is 2.75 bits per heavy atom. The fourth-order valence-electron chi connectivity index (χ4n) is 1.91. The summed E-state index contributed by atoms with van der Waals surface area (Å²) < 4.78 is 5.98. The number of carbonyl (C=O) groups excluding carboxylic acids is 1. The fraction of sp³-hybridized carbons (Fsp3) is 0.500. The van der Waals surface area contributed by atoms with Crippen LogP contribution in [0.2, 0.25) is 0 Å². The average Bonchev–Trinajstić information content (AvgIpc) is 2.51. The van der Waals surface area contributed by atoms with E-state index < -0.39 is 0 Å². The third-order valence-corrected chi connectivity index (χ3v) is 3.39. The lowest BCUT2D eigenvalue weighted by atomic mass is 10.2. The second-order valence-corrected chi connectivity index (χ2v) is 5.94. The smallest absolute Gasteiger partial charge is 0.251 e. The van der Waals surface area contributed by atoms with Crippen LogP contribution < -0.4 is 16.0 Å². The molecule has 0 saturated carbocycles. The lowest BCUT2D eigenvalue weighted by Crippen LogP contribution is -2.44. The quantitative estimate of drug-likeness (QED) is 0.216. The Balaban J connectivity index is 0.00000529. The SMILES string of the molecule is CCNC(=NCCNC(=O)c1cccc(Br)c1)NC(C)COC.I. The summed E-state index contributed by atoms with van der Waals surface area (Å²) in [6.07, 6.45) is 0. The molecule has 1 aromatic carbocycles. The first kappa shape index (κ1) is 23.1. The van der Waals surface area contributed by atoms with Crippen molar-refractivity contribution in [2.24, 2.45) is 4.99 Å². The second-order valence-electron chi connectivity index (χ2n) is 5.03. The van der Waals surface area contributed by atoms with Gasteiger partial charge in [-0.25, -0.2) is 0 Å². The van der Waals surface area contributed by atoms with Gasteiger partial charge in [-0.05, 0) is 32.0 Å². The van der Waals surface area contributed by atoms with E-state index in [1.165, 1.54) is 0 Å². The van der Waals surface area contributed by atoms with Gasteiger partial charge in [0.25, 0.3) is 5.91 Å². The van der Waals surface area contributed by atoms with E-state index in [-0.39, 0.29) is 35.9 Å². The van der Waals surface area contributed by atoms with Gasteiger partial charge in [-0.2, -0.15) is 0 Å². The van der Waals surface area contributed by atoms with E-state index in [1.54, 1.807) is 19.2 Å². The summed E-state index contributed by atoms with van der Waals surface area (Å²) in [4.78, 5) is 16.4. The standard InChI is InChI=1S/C16H25BrN4O2.HI/c1-4-18-16(21-12(2)11-23-3)20-9-8-19-15(22)13-6-5-7-14(17)10-13;/h5-7,10,12H,4,8-9,11H2,1-3H3,(H,19,22)(H2,18,20,21);1H. The van der Waals surface area contributed by atoms with Crippen LogP contribution in [-0.2, 0) is 4.74 Å². The summed E-state index contributed by atoms with van der Waals surface area (Å²) in [5.74, 6) is 0.612. The van der Waals surface area contributed by atoms with Crippen molar-refractivity contribution in [3.8, 4) is 0 Å². The van der Waals surface area contributed by atoms with Crippen LogP contribution in [0, 0.1) is 0 Å². The number of nitrogens with one attached hydrogen (secondary N) is 3. The molecule has 1 rings (SSSR count). The lowest BCUT2D eigenvalue weighted by Gasteiger charge is -2.17. The highest BCUT2D eigenvalue weighted by atomic mass is 127. The molecule has 1 amide bonds. The number of aliphatic imine (C=N–C) groups is 1. The van der Waals surface area contributed by atoms with E-state index in [9.17, 15) is 4.79 Å². The molecule has 0 aliphatic carbocycles. The molecular weight excluding hydrogens is 487 g/mol. The third kappa shape index (κ3) is 9.43. The van der Waals surface area contributed by atoms with Crippen LogP contribution in [0.25, 0.3) is 0 Å². The van der Waals surface area contributed by atoms with E-state index in [0.717, 1.165) is 11.0 Å². The number of ether oxygens (including phenoxy) is 1. The minimum absolute atomic E-state index is 0. The van der Waals surface area contributed by atoms with E-state index in [1.807, 2.05) is 26.0 Å². The highest BCUT2D eigenvalue weighted by Gasteiger charge is 2.06. The number of hydrogen-bond donors (Lipinski definition) is 3. The topological polar surface area (TPSA) is 74.8 Å². The van der Waals surface area contributed by atoms with Crippen molar-refractivity contribution >= 4 is 51.8 Å². The highest BCUT2D eigenvalue weighted by Crippen LogP contribution is 2.11. The summed E-state index contributed by atoms with van der Waals surface area (Å²) in [5, 5.41) is 9.26. The average molecular weight is 513 g/mol. The number of rotatable bonds is 8. The van der Waals surface area contributed by atoms with Crippen molar-refractivity contribution in [2.75, 3.05) is 33.4 Å². The Bertz CT molecular complexity index is 529. The molecule has 0 fully saturated rings. The van der Waals surface area contributed by atoms with Gasteiger partial charge < -0.3 is 20.7 Å². The number of carbonyl (C=O) groups is 1. The largest absolute Gasteiger partial charge is 0.383 e. The lowest BCUT2D eigenvalue weighted by molar-refractivity contribution is 0.0954. The Morgan fingerprint density at radius 2 is 2.12 bits per heavy atom. The summed E-state index contributed by atoms with van der Waals surface area (Å²) in [5.41, 5.74) is 0.627. The molecule has 0 radical (unpaired) electrons. The molecule has 1 aromatic rings. The number of nitrogens with zero attached hydrogens (tertiary/aromatic N) is 1. The predicted molar refractivity (Wildman–Crippen MR) is 112 cm³/mol. The monoisotopic (exact) mass is 512 g/mol. The van der Waals surface area contributed by atoms with Crippen molar-refractivity contribution in [1.29, 1.82) is 0 Å². The Morgan fingerprint density at radius 1 is 1.38 bits per heavy atom. The molecule has 8 heteroatoms. The maximum absolute atomic E-state index is 12.0. The van der Waals surface area contributed by atoms with E-state index >= 15 is 0 Å². The van der Waals surface area contributed by atoms with Gasteiger partial charge in [0.1, 0.15) is 0 Å². The first-order valence-corrected chi connectivity index (χ1v) is 8.43. The molecule has 0 aliphatic heterocycles. The van der Waals surface area contributed by atoms with Crippen LogP contribution >= 0.6 is 39.9 Å². The van der Waals surface area contributed by atoms with Crippen LogP contribution in [0.1, 0.15) is 24.2 Å². The number of guanidine groups is 1. The van der Waals surface area contributed by atoms with E-state index in [4.69, 9.17) is 4.74 Å². The van der Waals surface area contributed by atoms with Gasteiger partial charge in [-0.15, -0.1) is 24.0 Å². The molecule has 24 heavy (non-hydrogen) atoms. The zero-order valence-electron chi connectivity index (χ0n) is 14.3. The highest BCUT2D eigenvalue weighted by molar-refractivity contribution is 14.0. The van der Waals surface area contributed by atoms with E-state index in [2.05, 4.69) is 36.9 Å². The van der Waals surface area contributed by atoms with Crippen LogP contribution in [0.4, 0.5) is 0 Å². The van der Waals surface area contributed by atoms with E-state index in [0.29, 0.717) is 31.2 Å². The van der Waals surface area contributed by atoms with Crippen LogP contribution in [0.5, 0.6) is 0 Å². The van der Waals surface area contributed by atoms with Gasteiger partial charge in [-0.1, -0.05) is 22.0 Å². The van der Waals surface area contributed by atoms with Crippen LogP contribution in [-0.4, -0.2) is 51.3 Å². The summed E-state index contributed by atoms with van der Waals surface area (Å²) in [6, 6.07) is 7.45. The fourth-order valence-corrected chi connectivity index (χ4v) is 2.31. The van der Waals surface area contributed by atoms with Crippen molar-refractivity contribution in [2.45, 2.75) is 19.9 Å². The third-order valence-electron chi connectivity index (χ3n) is 2.90. The molecule has 0 heterocycles. The molecule has 6 nitrogen and oxygen atoms in total. The van der Waals surface area contributed by atoms with Crippen LogP contribution in [0.3, 0.4) is 0 Å². The van der Waals surface area contributed by atoms with Crippen molar-refractivity contribution in [3.63, 3.8) is 0 Å². The summed E-state index contributed by atoms with van der Waals surface area (Å²) in [6.45, 7) is 6.37. The Hall–Kier alpha value is -0.870. The molecule has 0 aliphatic rings. The van der Waals surface area contributed by atoms with Gasteiger partial charge >= 0.3 is 0 Å². The summed E-state index contributed by atoms with van der Waals surface area (Å²) in [7, 11) is 1.67. The normalized spacial score (nSPS) is 12.1. The predicted octanol–water partition coefficient (Wildman–Crippen LogP) is 2.39. The van der Waals surface area contributed by atoms with Crippen molar-refractivity contribution < 1.29 is 9.53 Å². The maximum atomic E-state index is 12.0. The number of benzene rings is 1. The number of halogens is 2. The minimum atomic E-state index is -0.104. The molecule has 0 bridgehead atoms. The number of amides is 1. The number of hydrogen-bond acceptors (Lipinski definition) is 3. The molecular formula is C16H26BrIN4O2. The first-order valence-electron chi connectivity index (χ1n) is 7.64. The zero-order valence-corrected chi connectivity index (χ0v) is 18.2. The van der Waals surface area contributed by atoms with Crippen LogP contribution in [0.15, 0.2) is 33.7 Å². The van der Waals surface area contributed by atoms with Crippen molar-refractivity contribution in [1.82, 2.24) is 16.0 Å². The summed E-state index contributed by atoms with van der Waals surface area (Å²) >= 11 is 3.36. The molecule has 136 valence electrons. The second kappa shape index (κ2) is 13.4. The van der Waals surface area contributed by atoms with Crippen molar-refractivity contribution in [3.05, 3.63) is 34.3 Å². The molecule has 1 atom stereocenters. The Kier molecular flexibility index (Phi) is 12.9. The van der Waals surface area contributed by atoms with Gasteiger partial charge in [-0.3, -0.25) is 9.79 Å². The minimum Gasteiger partial charge on any atom is -0.383 e. The molecule has 1 unspecified atom stereocenters. The molecule has 3 N–H and O–H groups in total. The van der Waals surface area contributed by atoms with Gasteiger partial charge in [0, 0.05) is 36.3 Å². The first-order chi connectivity index (χ1) is 11.1. The zero-order chi connectivity index (χ0) is 17.1. The Labute approximate surface area is 169 Å². The number of methoxy groups -OCH3 is 1. The van der Waals surface area contributed by atoms with Gasteiger partial charge in [0.15, 0.2) is 5.96 Å². The molecule has 0 aromatic heterocycles.